The number of carbonyl (C=O) groups is 1. The van der Waals surface area contributed by atoms with E-state index in [9.17, 15) is 13.2 Å². The Morgan fingerprint density at radius 1 is 1.28 bits per heavy atom. The summed E-state index contributed by atoms with van der Waals surface area (Å²) in [6, 6.07) is 6.24. The van der Waals surface area contributed by atoms with Crippen LogP contribution in [0.25, 0.3) is 0 Å². The number of nitrogens with one attached hydrogen (secondary N) is 2. The van der Waals surface area contributed by atoms with Crippen molar-refractivity contribution in [2.75, 3.05) is 6.54 Å². The molecule has 0 aromatic heterocycles. The Kier molecular flexibility index (Phi) is 3.68. The fourth-order valence-electron chi connectivity index (χ4n) is 1.56. The highest BCUT2D eigenvalue weighted by molar-refractivity contribution is 7.89. The SMILES string of the molecule is CCNS(=O)(=O)c1ccc(C(=O)NC2CC2)cc1. The predicted octanol–water partition coefficient (Wildman–Crippen LogP) is 0.877. The standard InChI is InChI=1S/C12H16N2O3S/c1-2-13-18(16,17)11-7-3-9(4-8-11)12(15)14-10-5-6-10/h3-4,7-8,10,13H,2,5-6H2,1H3,(H,14,15). The molecular weight excluding hydrogens is 252 g/mol. The summed E-state index contributed by atoms with van der Waals surface area (Å²) in [5, 5.41) is 2.85. The molecule has 0 heterocycles. The van der Waals surface area contributed by atoms with E-state index in [1.807, 2.05) is 0 Å². The second kappa shape index (κ2) is 5.07. The Hall–Kier alpha value is -1.40. The fourth-order valence-corrected chi connectivity index (χ4v) is 2.60. The first-order valence-corrected chi connectivity index (χ1v) is 7.42. The quantitative estimate of drug-likeness (QED) is 0.832. The van der Waals surface area contributed by atoms with Crippen LogP contribution in [0.5, 0.6) is 0 Å². The lowest BCUT2D eigenvalue weighted by Crippen LogP contribution is -2.26. The van der Waals surface area contributed by atoms with Crippen LogP contribution in [0.4, 0.5) is 0 Å². The van der Waals surface area contributed by atoms with Crippen LogP contribution in [-0.4, -0.2) is 26.9 Å². The zero-order valence-corrected chi connectivity index (χ0v) is 11.0. The smallest absolute Gasteiger partial charge is 0.251 e. The lowest BCUT2D eigenvalue weighted by atomic mass is 10.2. The summed E-state index contributed by atoms with van der Waals surface area (Å²) in [6.07, 6.45) is 2.05. The van der Waals surface area contributed by atoms with Crippen molar-refractivity contribution in [2.24, 2.45) is 0 Å². The largest absolute Gasteiger partial charge is 0.349 e. The van der Waals surface area contributed by atoms with Gasteiger partial charge in [0.15, 0.2) is 0 Å². The van der Waals surface area contributed by atoms with Gasteiger partial charge in [0.1, 0.15) is 0 Å². The fraction of sp³-hybridized carbons (Fsp3) is 0.417. The Balaban J connectivity index is 2.11. The molecule has 1 aliphatic rings. The van der Waals surface area contributed by atoms with Gasteiger partial charge in [0.2, 0.25) is 10.0 Å². The topological polar surface area (TPSA) is 75.3 Å². The third-order valence-corrected chi connectivity index (χ3v) is 4.24. The van der Waals surface area contributed by atoms with Crippen LogP contribution in [-0.2, 0) is 10.0 Å². The van der Waals surface area contributed by atoms with Crippen LogP contribution >= 0.6 is 0 Å². The molecule has 1 aromatic rings. The zero-order valence-electron chi connectivity index (χ0n) is 10.1. The molecule has 0 radical (unpaired) electrons. The Labute approximate surface area is 107 Å². The first-order valence-electron chi connectivity index (χ1n) is 5.93. The van der Waals surface area contributed by atoms with Gasteiger partial charge in [-0.1, -0.05) is 6.92 Å². The Bertz CT molecular complexity index is 533. The molecule has 0 atom stereocenters. The highest BCUT2D eigenvalue weighted by Gasteiger charge is 2.23. The van der Waals surface area contributed by atoms with Crippen LogP contribution in [0.1, 0.15) is 30.1 Å². The minimum atomic E-state index is -3.45. The van der Waals surface area contributed by atoms with Gasteiger partial charge in [-0.25, -0.2) is 13.1 Å². The molecule has 0 aliphatic heterocycles. The van der Waals surface area contributed by atoms with Crippen molar-refractivity contribution >= 4 is 15.9 Å². The van der Waals surface area contributed by atoms with E-state index < -0.39 is 10.0 Å². The van der Waals surface area contributed by atoms with Gasteiger partial charge >= 0.3 is 0 Å². The Morgan fingerprint density at radius 3 is 2.39 bits per heavy atom. The van der Waals surface area contributed by atoms with Crippen LogP contribution in [0, 0.1) is 0 Å². The lowest BCUT2D eigenvalue weighted by Gasteiger charge is -2.06. The van der Waals surface area contributed by atoms with Crippen molar-refractivity contribution in [3.8, 4) is 0 Å². The molecule has 6 heteroatoms. The van der Waals surface area contributed by atoms with Gasteiger partial charge in [0, 0.05) is 18.2 Å². The molecule has 1 amide bonds. The number of rotatable bonds is 5. The first kappa shape index (κ1) is 13.0. The van der Waals surface area contributed by atoms with Crippen LogP contribution in [0.3, 0.4) is 0 Å². The van der Waals surface area contributed by atoms with Crippen molar-refractivity contribution in [2.45, 2.75) is 30.7 Å². The number of hydrogen-bond donors (Lipinski definition) is 2. The maximum absolute atomic E-state index is 11.7. The summed E-state index contributed by atoms with van der Waals surface area (Å²) in [7, 11) is -3.45. The second-order valence-corrected chi connectivity index (χ2v) is 6.04. The molecule has 1 aliphatic carbocycles. The third-order valence-electron chi connectivity index (χ3n) is 2.67. The summed E-state index contributed by atoms with van der Waals surface area (Å²) in [5.74, 6) is -0.148. The third kappa shape index (κ3) is 3.08. The van der Waals surface area contributed by atoms with Crippen molar-refractivity contribution in [1.29, 1.82) is 0 Å². The van der Waals surface area contributed by atoms with Crippen molar-refractivity contribution in [1.82, 2.24) is 10.0 Å². The van der Waals surface area contributed by atoms with E-state index in [0.29, 0.717) is 18.2 Å². The molecule has 18 heavy (non-hydrogen) atoms. The summed E-state index contributed by atoms with van der Waals surface area (Å²) >= 11 is 0. The average Bonchev–Trinajstić information content (AvgIpc) is 3.13. The highest BCUT2D eigenvalue weighted by atomic mass is 32.2. The van der Waals surface area contributed by atoms with Gasteiger partial charge in [-0.2, -0.15) is 0 Å². The molecule has 2 rings (SSSR count). The van der Waals surface area contributed by atoms with Crippen molar-refractivity contribution in [3.63, 3.8) is 0 Å². The predicted molar refractivity (Wildman–Crippen MR) is 67.8 cm³/mol. The van der Waals surface area contributed by atoms with Gasteiger partial charge < -0.3 is 5.32 Å². The number of carbonyl (C=O) groups excluding carboxylic acids is 1. The molecule has 1 saturated carbocycles. The molecule has 1 aromatic carbocycles. The first-order chi connectivity index (χ1) is 8.53. The van der Waals surface area contributed by atoms with E-state index in [1.54, 1.807) is 6.92 Å². The summed E-state index contributed by atoms with van der Waals surface area (Å²) in [5.41, 5.74) is 0.484. The van der Waals surface area contributed by atoms with E-state index >= 15 is 0 Å². The summed E-state index contributed by atoms with van der Waals surface area (Å²) < 4.78 is 25.8. The zero-order chi connectivity index (χ0) is 13.2. The highest BCUT2D eigenvalue weighted by Crippen LogP contribution is 2.19. The van der Waals surface area contributed by atoms with Gasteiger partial charge in [0.25, 0.3) is 5.91 Å². The summed E-state index contributed by atoms with van der Waals surface area (Å²) in [4.78, 5) is 11.9. The number of benzene rings is 1. The van der Waals surface area contributed by atoms with E-state index in [0.717, 1.165) is 12.8 Å². The molecule has 0 bridgehead atoms. The molecule has 0 spiro atoms. The van der Waals surface area contributed by atoms with Crippen LogP contribution in [0.2, 0.25) is 0 Å². The normalized spacial score (nSPS) is 15.4. The minimum absolute atomic E-state index is 0.148. The number of amides is 1. The molecule has 98 valence electrons. The molecule has 5 nitrogen and oxygen atoms in total. The molecular formula is C12H16N2O3S. The van der Waals surface area contributed by atoms with E-state index in [4.69, 9.17) is 0 Å². The summed E-state index contributed by atoms with van der Waals surface area (Å²) in [6.45, 7) is 2.06. The van der Waals surface area contributed by atoms with Crippen molar-refractivity contribution in [3.05, 3.63) is 29.8 Å². The van der Waals surface area contributed by atoms with Gasteiger partial charge in [0.05, 0.1) is 4.90 Å². The monoisotopic (exact) mass is 268 g/mol. The second-order valence-electron chi connectivity index (χ2n) is 4.27. The average molecular weight is 268 g/mol. The van der Waals surface area contributed by atoms with E-state index in [2.05, 4.69) is 10.0 Å². The van der Waals surface area contributed by atoms with Gasteiger partial charge in [-0.15, -0.1) is 0 Å². The van der Waals surface area contributed by atoms with E-state index in [-0.39, 0.29) is 10.8 Å². The number of hydrogen-bond acceptors (Lipinski definition) is 3. The maximum atomic E-state index is 11.7. The lowest BCUT2D eigenvalue weighted by molar-refractivity contribution is 0.0951. The van der Waals surface area contributed by atoms with Crippen LogP contribution in [0.15, 0.2) is 29.2 Å². The maximum Gasteiger partial charge on any atom is 0.251 e. The van der Waals surface area contributed by atoms with Crippen molar-refractivity contribution < 1.29 is 13.2 Å². The van der Waals surface area contributed by atoms with Crippen LogP contribution < -0.4 is 10.0 Å². The molecule has 1 fully saturated rings. The van der Waals surface area contributed by atoms with Gasteiger partial charge in [-0.05, 0) is 37.1 Å². The molecule has 0 unspecified atom stereocenters. The molecule has 0 saturated heterocycles. The Morgan fingerprint density at radius 2 is 1.89 bits per heavy atom. The number of sulfonamides is 1. The van der Waals surface area contributed by atoms with E-state index in [1.165, 1.54) is 24.3 Å². The molecule has 2 N–H and O–H groups in total. The van der Waals surface area contributed by atoms with Gasteiger partial charge in [-0.3, -0.25) is 4.79 Å². The minimum Gasteiger partial charge on any atom is -0.349 e.